The van der Waals surface area contributed by atoms with E-state index in [4.69, 9.17) is 4.84 Å². The monoisotopic (exact) mass is 234 g/mol. The molecule has 16 heavy (non-hydrogen) atoms. The van der Waals surface area contributed by atoms with Crippen LogP contribution in [0, 0.1) is 0 Å². The van der Waals surface area contributed by atoms with Crippen LogP contribution in [-0.2, 0) is 4.84 Å². The van der Waals surface area contributed by atoms with E-state index in [-0.39, 0.29) is 6.23 Å². The lowest BCUT2D eigenvalue weighted by Crippen LogP contribution is -2.15. The summed E-state index contributed by atoms with van der Waals surface area (Å²) in [6.45, 7) is 1.89. The molecule has 1 aromatic rings. The third-order valence-electron chi connectivity index (χ3n) is 2.20. The van der Waals surface area contributed by atoms with Gasteiger partial charge in [-0.25, -0.2) is 15.3 Å². The fraction of sp³-hybridized carbons (Fsp3) is 0.250. The van der Waals surface area contributed by atoms with E-state index in [0.717, 1.165) is 11.4 Å². The molecule has 0 bridgehead atoms. The Kier molecular flexibility index (Phi) is 3.64. The van der Waals surface area contributed by atoms with Gasteiger partial charge in [-0.15, -0.1) is 11.8 Å². The molecule has 0 saturated heterocycles. The summed E-state index contributed by atoms with van der Waals surface area (Å²) in [5, 5.41) is 0. The molecule has 0 radical (unpaired) electrons. The van der Waals surface area contributed by atoms with Gasteiger partial charge >= 0.3 is 0 Å². The van der Waals surface area contributed by atoms with Gasteiger partial charge in [0.05, 0.1) is 0 Å². The maximum absolute atomic E-state index is 5.08. The normalized spacial score (nSPS) is 19.9. The Bertz CT molecular complexity index is 412. The van der Waals surface area contributed by atoms with Gasteiger partial charge < -0.3 is 0 Å². The molecule has 1 aliphatic heterocycles. The van der Waals surface area contributed by atoms with Crippen molar-refractivity contribution in [3.63, 3.8) is 0 Å². The first-order valence-corrected chi connectivity index (χ1v) is 6.32. The number of rotatable bonds is 3. The Labute approximate surface area is 99.6 Å². The summed E-state index contributed by atoms with van der Waals surface area (Å²) in [7, 11) is 0. The second kappa shape index (κ2) is 5.18. The second-order valence-electron chi connectivity index (χ2n) is 3.44. The highest BCUT2D eigenvalue weighted by Crippen LogP contribution is 2.15. The highest BCUT2D eigenvalue weighted by molar-refractivity contribution is 7.98. The zero-order valence-electron chi connectivity index (χ0n) is 9.31. The molecule has 1 heterocycles. The van der Waals surface area contributed by atoms with Crippen LogP contribution in [-0.4, -0.2) is 18.3 Å². The SMILES string of the molecule is CSc1ccc(C=CC2=NC(C)ON2)cc1. The standard InChI is InChI=1S/C12H14N2OS/c1-9-13-12(14-15-9)8-5-10-3-6-11(16-2)7-4-10/h3-9H,1-2H3,(H,13,14). The topological polar surface area (TPSA) is 33.6 Å². The number of nitrogens with zero attached hydrogens (tertiary/aromatic N) is 1. The zero-order valence-corrected chi connectivity index (χ0v) is 10.1. The summed E-state index contributed by atoms with van der Waals surface area (Å²) in [6.07, 6.45) is 5.90. The molecule has 0 saturated carbocycles. The second-order valence-corrected chi connectivity index (χ2v) is 4.32. The Hall–Kier alpha value is -1.26. The van der Waals surface area contributed by atoms with Crippen LogP contribution in [0.25, 0.3) is 6.08 Å². The van der Waals surface area contributed by atoms with Crippen LogP contribution in [0.2, 0.25) is 0 Å². The molecule has 0 aliphatic carbocycles. The number of hydroxylamine groups is 1. The lowest BCUT2D eigenvalue weighted by Gasteiger charge is -1.97. The summed E-state index contributed by atoms with van der Waals surface area (Å²) < 4.78 is 0. The number of hydrogen-bond donors (Lipinski definition) is 1. The molecule has 0 spiro atoms. The lowest BCUT2D eigenvalue weighted by molar-refractivity contribution is 0.0505. The first kappa shape index (κ1) is 11.2. The molecule has 1 atom stereocenters. The van der Waals surface area contributed by atoms with Gasteiger partial charge in [-0.2, -0.15) is 0 Å². The van der Waals surface area contributed by atoms with Crippen molar-refractivity contribution in [1.29, 1.82) is 0 Å². The van der Waals surface area contributed by atoms with Crippen molar-refractivity contribution in [3.8, 4) is 0 Å². The fourth-order valence-electron chi connectivity index (χ4n) is 1.36. The Morgan fingerprint density at radius 1 is 1.31 bits per heavy atom. The van der Waals surface area contributed by atoms with Crippen molar-refractivity contribution < 1.29 is 4.84 Å². The molecule has 2 rings (SSSR count). The molecule has 3 nitrogen and oxygen atoms in total. The van der Waals surface area contributed by atoms with Crippen molar-refractivity contribution in [1.82, 2.24) is 5.48 Å². The Morgan fingerprint density at radius 3 is 2.62 bits per heavy atom. The first-order valence-electron chi connectivity index (χ1n) is 5.09. The van der Waals surface area contributed by atoms with Crippen molar-refractivity contribution in [2.45, 2.75) is 18.0 Å². The Morgan fingerprint density at radius 2 is 2.06 bits per heavy atom. The molecule has 0 fully saturated rings. The van der Waals surface area contributed by atoms with Gasteiger partial charge in [0.2, 0.25) is 0 Å². The van der Waals surface area contributed by atoms with E-state index in [2.05, 4.69) is 41.0 Å². The van der Waals surface area contributed by atoms with E-state index in [1.807, 2.05) is 19.1 Å². The number of aliphatic imine (C=N–C) groups is 1. The van der Waals surface area contributed by atoms with Crippen molar-refractivity contribution >= 4 is 23.7 Å². The summed E-state index contributed by atoms with van der Waals surface area (Å²) in [5.41, 5.74) is 3.91. The van der Waals surface area contributed by atoms with Gasteiger partial charge in [0.1, 0.15) is 5.84 Å². The van der Waals surface area contributed by atoms with Crippen LogP contribution in [0.1, 0.15) is 12.5 Å². The molecule has 0 aromatic heterocycles. The molecule has 1 aliphatic rings. The number of nitrogens with one attached hydrogen (secondary N) is 1. The number of thioether (sulfide) groups is 1. The van der Waals surface area contributed by atoms with Crippen LogP contribution < -0.4 is 5.48 Å². The van der Waals surface area contributed by atoms with Crippen LogP contribution in [0.3, 0.4) is 0 Å². The predicted molar refractivity (Wildman–Crippen MR) is 68.4 cm³/mol. The summed E-state index contributed by atoms with van der Waals surface area (Å²) in [4.78, 5) is 10.6. The minimum absolute atomic E-state index is 0.0986. The number of amidine groups is 1. The van der Waals surface area contributed by atoms with Gasteiger partial charge in [-0.05, 0) is 37.0 Å². The molecule has 84 valence electrons. The first-order chi connectivity index (χ1) is 7.78. The quantitative estimate of drug-likeness (QED) is 0.816. The molecule has 0 amide bonds. The van der Waals surface area contributed by atoms with Crippen LogP contribution in [0.4, 0.5) is 0 Å². The van der Waals surface area contributed by atoms with E-state index in [1.54, 1.807) is 11.8 Å². The van der Waals surface area contributed by atoms with Crippen LogP contribution in [0.5, 0.6) is 0 Å². The highest BCUT2D eigenvalue weighted by Gasteiger charge is 2.08. The average molecular weight is 234 g/mol. The third kappa shape index (κ3) is 2.87. The predicted octanol–water partition coefficient (Wildman–Crippen LogP) is 2.70. The maximum atomic E-state index is 5.08. The summed E-state index contributed by atoms with van der Waals surface area (Å²) in [5.74, 6) is 0.765. The van der Waals surface area contributed by atoms with Gasteiger partial charge in [0, 0.05) is 4.90 Å². The number of benzene rings is 1. The largest absolute Gasteiger partial charge is 0.248 e. The van der Waals surface area contributed by atoms with E-state index in [0.29, 0.717) is 0 Å². The molecule has 4 heteroatoms. The minimum Gasteiger partial charge on any atom is -0.248 e. The third-order valence-corrected chi connectivity index (χ3v) is 2.95. The lowest BCUT2D eigenvalue weighted by atomic mass is 10.2. The smallest absolute Gasteiger partial charge is 0.174 e. The summed E-state index contributed by atoms with van der Waals surface area (Å²) in [6, 6.07) is 8.38. The van der Waals surface area contributed by atoms with Gasteiger partial charge in [-0.1, -0.05) is 18.2 Å². The number of hydrogen-bond acceptors (Lipinski definition) is 4. The molecule has 1 aromatic carbocycles. The summed E-state index contributed by atoms with van der Waals surface area (Å²) >= 11 is 1.74. The van der Waals surface area contributed by atoms with Crippen molar-refractivity contribution in [2.24, 2.45) is 4.99 Å². The fourth-order valence-corrected chi connectivity index (χ4v) is 1.77. The molecule has 1 N–H and O–H groups in total. The molecule has 1 unspecified atom stereocenters. The van der Waals surface area contributed by atoms with E-state index in [1.165, 1.54) is 4.90 Å². The van der Waals surface area contributed by atoms with Gasteiger partial charge in [0.25, 0.3) is 0 Å². The Balaban J connectivity index is 2.03. The van der Waals surface area contributed by atoms with E-state index >= 15 is 0 Å². The van der Waals surface area contributed by atoms with E-state index < -0.39 is 0 Å². The van der Waals surface area contributed by atoms with E-state index in [9.17, 15) is 0 Å². The minimum atomic E-state index is -0.0986. The van der Waals surface area contributed by atoms with Crippen molar-refractivity contribution in [3.05, 3.63) is 35.9 Å². The van der Waals surface area contributed by atoms with Crippen LogP contribution in [0.15, 0.2) is 40.2 Å². The van der Waals surface area contributed by atoms with Crippen LogP contribution >= 0.6 is 11.8 Å². The van der Waals surface area contributed by atoms with Crippen molar-refractivity contribution in [2.75, 3.05) is 6.26 Å². The molecular formula is C12H14N2OS. The zero-order chi connectivity index (χ0) is 11.4. The maximum Gasteiger partial charge on any atom is 0.174 e. The average Bonchev–Trinajstić information content (AvgIpc) is 2.73. The molecular weight excluding hydrogens is 220 g/mol. The van der Waals surface area contributed by atoms with Gasteiger partial charge in [0.15, 0.2) is 6.23 Å². The highest BCUT2D eigenvalue weighted by atomic mass is 32.2. The van der Waals surface area contributed by atoms with Gasteiger partial charge in [-0.3, -0.25) is 0 Å².